The molecule has 0 bridgehead atoms. The van der Waals surface area contributed by atoms with Crippen molar-refractivity contribution in [2.24, 2.45) is 0 Å². The number of nitrogens with zero attached hydrogens (tertiary/aromatic N) is 5. The van der Waals surface area contributed by atoms with E-state index >= 15 is 0 Å². The van der Waals surface area contributed by atoms with Crippen molar-refractivity contribution < 1.29 is 82.7 Å². The summed E-state index contributed by atoms with van der Waals surface area (Å²) in [6.07, 6.45) is 5.19. The van der Waals surface area contributed by atoms with Crippen LogP contribution in [0.4, 0.5) is 9.59 Å². The fourth-order valence-corrected chi connectivity index (χ4v) is 4.45. The third-order valence-electron chi connectivity index (χ3n) is 6.13. The maximum Gasteiger partial charge on any atom is 1.00 e. The number of nitrogens with one attached hydrogen (secondary N) is 1. The normalized spacial score (nSPS) is 13.1. The van der Waals surface area contributed by atoms with Gasteiger partial charge in [-0.3, -0.25) is 35.5 Å². The van der Waals surface area contributed by atoms with Gasteiger partial charge in [0.15, 0.2) is 6.29 Å². The zero-order chi connectivity index (χ0) is 42.6. The van der Waals surface area contributed by atoms with Crippen LogP contribution >= 0.6 is 31.9 Å². The number of aldehydes is 1. The Labute approximate surface area is 376 Å². The summed E-state index contributed by atoms with van der Waals surface area (Å²) in [5.74, 6) is -1.12. The van der Waals surface area contributed by atoms with Crippen molar-refractivity contribution >= 4 is 76.3 Å². The molecule has 0 atom stereocenters. The number of esters is 2. The molecule has 2 saturated heterocycles. The van der Waals surface area contributed by atoms with Gasteiger partial charge in [0.2, 0.25) is 0 Å². The van der Waals surface area contributed by atoms with Crippen molar-refractivity contribution in [1.82, 2.24) is 30.0 Å². The molecular formula is C36H55BBr2N6NaO11. The number of hydrogen-bond acceptors (Lipinski definition) is 14. The maximum atomic E-state index is 12.0. The van der Waals surface area contributed by atoms with Crippen LogP contribution in [0.25, 0.3) is 0 Å². The average Bonchev–Trinajstić information content (AvgIpc) is 3.10. The summed E-state index contributed by atoms with van der Waals surface area (Å²) in [5, 5.41) is 3.18. The number of hydrogen-bond donors (Lipinski definition) is 1. The molecule has 4 rings (SSSR count). The summed E-state index contributed by atoms with van der Waals surface area (Å²) in [7, 11) is 3.25. The van der Waals surface area contributed by atoms with Crippen molar-refractivity contribution in [3.63, 3.8) is 0 Å². The predicted octanol–water partition coefficient (Wildman–Crippen LogP) is 1.27. The minimum atomic E-state index is -0.562. The number of amides is 2. The average molecular weight is 941 g/mol. The fraction of sp³-hybridized carbons (Fsp3) is 0.556. The molecule has 0 aliphatic carbocycles. The van der Waals surface area contributed by atoms with Crippen LogP contribution in [0.15, 0.2) is 45.6 Å². The molecule has 2 fully saturated rings. The molecule has 0 unspecified atom stereocenters. The minimum absolute atomic E-state index is 0. The molecule has 2 aliphatic rings. The Morgan fingerprint density at radius 2 is 1.19 bits per heavy atom. The molecule has 57 heavy (non-hydrogen) atoms. The number of halogens is 2. The number of ether oxygens (including phenoxy) is 3. The summed E-state index contributed by atoms with van der Waals surface area (Å²) < 4.78 is 24.2. The Hall–Kier alpha value is -2.98. The third kappa shape index (κ3) is 34.8. The molecule has 0 aromatic carbocycles. The second-order valence-electron chi connectivity index (χ2n) is 13.2. The quantitative estimate of drug-likeness (QED) is 0.114. The van der Waals surface area contributed by atoms with E-state index in [0.717, 1.165) is 60.5 Å². The van der Waals surface area contributed by atoms with Crippen molar-refractivity contribution in [1.29, 1.82) is 0 Å². The van der Waals surface area contributed by atoms with E-state index in [1.54, 1.807) is 28.1 Å². The van der Waals surface area contributed by atoms with Gasteiger partial charge in [0.1, 0.15) is 16.9 Å². The molecule has 0 saturated carbocycles. The zero-order valence-electron chi connectivity index (χ0n) is 34.6. The van der Waals surface area contributed by atoms with Crippen molar-refractivity contribution in [3.8, 4) is 0 Å². The Kier molecular flexibility index (Phi) is 36.1. The monoisotopic (exact) mass is 939 g/mol. The standard InChI is InChI=1S/C15H22BrN3O2.C9H18N2O2.C6H4BrNO.C4H6O3.C2H3O.BO.Na.H2O/c1-15(2,3)21-14(20)19-8-6-18(7-9-19)11-13-5-4-12(16)10-17-13;1-9(2,3)13-8(12)11-6-4-10-5-7-11;7-5-1-2-6(4-9)8-3-5;1-3(5)7-4(2)6;1-2-3;1-2;;/h4-5,10H,6-9,11H2,1-3H3;10H,4-7H2,1-3H3;1-4H;1-2H3;1H3;;;1H2/q;;;;-1;;+1;. The first-order valence-electron chi connectivity index (χ1n) is 17.0. The van der Waals surface area contributed by atoms with Gasteiger partial charge in [-0.15, -0.1) is 0 Å². The van der Waals surface area contributed by atoms with Crippen LogP contribution in [0.3, 0.4) is 0 Å². The largest absolute Gasteiger partial charge is 1.00 e. The predicted molar refractivity (Wildman–Crippen MR) is 217 cm³/mol. The fourth-order valence-electron chi connectivity index (χ4n) is 3.98. The Morgan fingerprint density at radius 1 is 0.789 bits per heavy atom. The number of carbonyl (C=O) groups excluding carboxylic acids is 6. The topological polar surface area (TPSA) is 226 Å². The summed E-state index contributed by atoms with van der Waals surface area (Å²) in [5.41, 5.74) is 0.680. The number of rotatable bonds is 3. The van der Waals surface area contributed by atoms with Crippen LogP contribution < -0.4 is 34.9 Å². The Balaban J connectivity index is -0.000000336. The molecule has 1 radical (unpaired) electrons. The van der Waals surface area contributed by atoms with Crippen LogP contribution in [0, 0.1) is 0 Å². The van der Waals surface area contributed by atoms with E-state index in [9.17, 15) is 24.0 Å². The second kappa shape index (κ2) is 33.9. The second-order valence-corrected chi connectivity index (χ2v) is 15.1. The van der Waals surface area contributed by atoms with E-state index in [2.05, 4.69) is 64.5 Å². The first-order valence-corrected chi connectivity index (χ1v) is 18.6. The van der Waals surface area contributed by atoms with Gasteiger partial charge in [0, 0.05) is 94.1 Å². The number of piperazine rings is 2. The molecule has 2 aromatic rings. The summed E-state index contributed by atoms with van der Waals surface area (Å²) in [6, 6.07) is 7.44. The summed E-state index contributed by atoms with van der Waals surface area (Å²) in [6.45, 7) is 22.1. The van der Waals surface area contributed by atoms with E-state index in [1.807, 2.05) is 59.9 Å². The number of pyridine rings is 2. The van der Waals surface area contributed by atoms with E-state index in [4.69, 9.17) is 19.0 Å². The van der Waals surface area contributed by atoms with Crippen molar-refractivity contribution in [3.05, 3.63) is 57.0 Å². The van der Waals surface area contributed by atoms with E-state index in [1.165, 1.54) is 27.1 Å². The molecule has 4 heterocycles. The molecule has 313 valence electrons. The first kappa shape index (κ1) is 60.7. The van der Waals surface area contributed by atoms with Gasteiger partial charge in [-0.05, 0) is 97.7 Å². The van der Waals surface area contributed by atoms with Gasteiger partial charge in [-0.1, -0.05) is 0 Å². The van der Waals surface area contributed by atoms with Crippen LogP contribution in [0.1, 0.15) is 78.5 Å². The zero-order valence-corrected chi connectivity index (χ0v) is 39.7. The molecule has 3 N–H and O–H groups in total. The van der Waals surface area contributed by atoms with Gasteiger partial charge in [0.25, 0.3) is 0 Å². The molecule has 21 heteroatoms. The maximum absolute atomic E-state index is 12.0. The third-order valence-corrected chi connectivity index (χ3v) is 7.06. The van der Waals surface area contributed by atoms with Crippen LogP contribution in [0.5, 0.6) is 0 Å². The van der Waals surface area contributed by atoms with Crippen LogP contribution in [-0.4, -0.2) is 138 Å². The van der Waals surface area contributed by atoms with Crippen molar-refractivity contribution in [2.75, 3.05) is 52.4 Å². The van der Waals surface area contributed by atoms with Crippen LogP contribution in [-0.2, 0) is 39.8 Å². The number of aromatic nitrogens is 2. The van der Waals surface area contributed by atoms with Gasteiger partial charge in [-0.25, -0.2) is 9.59 Å². The number of carbonyl (C=O) groups is 5. The molecule has 2 aliphatic heterocycles. The molecule has 2 amide bonds. The van der Waals surface area contributed by atoms with Crippen LogP contribution in [0.2, 0.25) is 0 Å². The van der Waals surface area contributed by atoms with Gasteiger partial charge < -0.3 is 39.6 Å². The molecule has 0 spiro atoms. The van der Waals surface area contributed by atoms with Gasteiger partial charge >= 0.3 is 66.1 Å². The van der Waals surface area contributed by atoms with Gasteiger partial charge in [-0.2, -0.15) is 6.92 Å². The molecule has 2 aromatic heterocycles. The van der Waals surface area contributed by atoms with Gasteiger partial charge in [0.05, 0.1) is 5.69 Å². The molecule has 17 nitrogen and oxygen atoms in total. The SMILES string of the molecule is CC(=O)OC(C)=O.CC(C)(C)OC(=O)N1CCN(Cc2ccc(Br)cn2)CC1.CC(C)(C)OC(=O)N1CCNCC1.C[C-]=O.O.O=Cc1ccc(Br)cn1.[B]=O.[Na+]. The van der Waals surface area contributed by atoms with E-state index in [0.29, 0.717) is 25.1 Å². The van der Waals surface area contributed by atoms with E-state index in [-0.39, 0.29) is 52.8 Å². The minimum Gasteiger partial charge on any atom is 1.00 e. The van der Waals surface area contributed by atoms with Crippen molar-refractivity contribution in [2.45, 2.75) is 80.1 Å². The Morgan fingerprint density at radius 3 is 1.51 bits per heavy atom. The molecular weight excluding hydrogens is 886 g/mol. The first-order chi connectivity index (χ1) is 25.7. The summed E-state index contributed by atoms with van der Waals surface area (Å²) in [4.78, 5) is 75.8. The van der Waals surface area contributed by atoms with E-state index < -0.39 is 17.5 Å². The summed E-state index contributed by atoms with van der Waals surface area (Å²) >= 11 is 6.58. The smallest absolute Gasteiger partial charge is 1.00 e. The Bertz CT molecular complexity index is 1430.